The largest absolute Gasteiger partial charge is 0.545 e. The lowest BCUT2D eigenvalue weighted by molar-refractivity contribution is -0.255. The monoisotopic (exact) mass is 337 g/mol. The minimum Gasteiger partial charge on any atom is -0.545 e. The maximum atomic E-state index is 13.0. The highest BCUT2D eigenvalue weighted by atomic mass is 32.1. The standard InChI is InChI=1S/C15H9F3N2O2S/c16-15(17,18)13-8-11(12-2-1-7-23-12)20(19-13)10-5-3-9(4-6-10)14(21)22/h1-8H,(H,21,22)/p-1. The molecule has 0 aliphatic heterocycles. The summed E-state index contributed by atoms with van der Waals surface area (Å²) in [6, 6.07) is 9.68. The van der Waals surface area contributed by atoms with Crippen molar-refractivity contribution < 1.29 is 23.1 Å². The molecule has 0 radical (unpaired) electrons. The van der Waals surface area contributed by atoms with E-state index in [1.807, 2.05) is 0 Å². The molecule has 0 aliphatic carbocycles. The Hall–Kier alpha value is -2.61. The molecule has 118 valence electrons. The summed E-state index contributed by atoms with van der Waals surface area (Å²) < 4.78 is 40.0. The van der Waals surface area contributed by atoms with Crippen molar-refractivity contribution in [3.05, 3.63) is 59.1 Å². The second-order valence-electron chi connectivity index (χ2n) is 4.64. The summed E-state index contributed by atoms with van der Waals surface area (Å²) in [5.41, 5.74) is -0.457. The predicted octanol–water partition coefficient (Wildman–Crippen LogP) is 2.98. The van der Waals surface area contributed by atoms with Gasteiger partial charge >= 0.3 is 6.18 Å². The summed E-state index contributed by atoms with van der Waals surface area (Å²) in [7, 11) is 0. The Bertz CT molecular complexity index is 837. The van der Waals surface area contributed by atoms with Crippen LogP contribution in [-0.4, -0.2) is 15.7 Å². The summed E-state index contributed by atoms with van der Waals surface area (Å²) in [6.45, 7) is 0. The first-order valence-corrected chi connectivity index (χ1v) is 7.27. The molecule has 3 rings (SSSR count). The van der Waals surface area contributed by atoms with E-state index in [0.717, 1.165) is 10.7 Å². The zero-order chi connectivity index (χ0) is 16.6. The molecule has 0 saturated carbocycles. The van der Waals surface area contributed by atoms with Crippen LogP contribution in [0.1, 0.15) is 16.1 Å². The summed E-state index contributed by atoms with van der Waals surface area (Å²) in [6.07, 6.45) is -4.57. The van der Waals surface area contributed by atoms with E-state index in [2.05, 4.69) is 5.10 Å². The lowest BCUT2D eigenvalue weighted by Gasteiger charge is -2.08. The summed E-state index contributed by atoms with van der Waals surface area (Å²) in [4.78, 5) is 11.4. The average molecular weight is 337 g/mol. The van der Waals surface area contributed by atoms with E-state index in [-0.39, 0.29) is 11.3 Å². The van der Waals surface area contributed by atoms with Crippen LogP contribution in [0.4, 0.5) is 13.2 Å². The summed E-state index contributed by atoms with van der Waals surface area (Å²) in [5.74, 6) is -1.36. The van der Waals surface area contributed by atoms with Crippen molar-refractivity contribution in [3.63, 3.8) is 0 Å². The highest BCUT2D eigenvalue weighted by molar-refractivity contribution is 7.13. The SMILES string of the molecule is O=C([O-])c1ccc(-n2nc(C(F)(F)F)cc2-c2cccs2)cc1. The zero-order valence-electron chi connectivity index (χ0n) is 11.4. The quantitative estimate of drug-likeness (QED) is 0.738. The van der Waals surface area contributed by atoms with Crippen molar-refractivity contribution in [2.45, 2.75) is 6.18 Å². The first kappa shape index (κ1) is 15.3. The highest BCUT2D eigenvalue weighted by Gasteiger charge is 2.35. The predicted molar refractivity (Wildman–Crippen MR) is 76.2 cm³/mol. The van der Waals surface area contributed by atoms with Gasteiger partial charge in [0.15, 0.2) is 5.69 Å². The highest BCUT2D eigenvalue weighted by Crippen LogP contribution is 2.34. The number of rotatable bonds is 3. The molecule has 0 spiro atoms. The number of aromatic nitrogens is 2. The Morgan fingerprint density at radius 1 is 1.17 bits per heavy atom. The number of aromatic carboxylic acids is 1. The lowest BCUT2D eigenvalue weighted by Crippen LogP contribution is -2.22. The topological polar surface area (TPSA) is 57.9 Å². The molecule has 0 amide bonds. The molecule has 0 aliphatic rings. The van der Waals surface area contributed by atoms with Crippen LogP contribution in [0.2, 0.25) is 0 Å². The van der Waals surface area contributed by atoms with Crippen LogP contribution in [-0.2, 0) is 6.18 Å². The van der Waals surface area contributed by atoms with Gasteiger partial charge < -0.3 is 9.90 Å². The minimum atomic E-state index is -4.57. The van der Waals surface area contributed by atoms with E-state index in [1.165, 1.54) is 35.6 Å². The van der Waals surface area contributed by atoms with Crippen molar-refractivity contribution in [1.82, 2.24) is 9.78 Å². The van der Waals surface area contributed by atoms with Crippen molar-refractivity contribution in [1.29, 1.82) is 0 Å². The van der Waals surface area contributed by atoms with Crippen LogP contribution in [0.3, 0.4) is 0 Å². The number of hydrogen-bond donors (Lipinski definition) is 0. The maximum absolute atomic E-state index is 13.0. The molecular formula is C15H8F3N2O2S-. The maximum Gasteiger partial charge on any atom is 0.435 e. The van der Waals surface area contributed by atoms with Gasteiger partial charge in [0.1, 0.15) is 0 Å². The van der Waals surface area contributed by atoms with Gasteiger partial charge in [-0.25, -0.2) is 4.68 Å². The Labute approximate surface area is 132 Å². The number of nitrogens with zero attached hydrogens (tertiary/aromatic N) is 2. The number of halogens is 3. The van der Waals surface area contributed by atoms with Gasteiger partial charge in [0.2, 0.25) is 0 Å². The average Bonchev–Trinajstić information content (AvgIpc) is 3.15. The van der Waals surface area contributed by atoms with Crippen molar-refractivity contribution in [2.75, 3.05) is 0 Å². The van der Waals surface area contributed by atoms with E-state index >= 15 is 0 Å². The van der Waals surface area contributed by atoms with E-state index in [9.17, 15) is 23.1 Å². The third-order valence-electron chi connectivity index (χ3n) is 3.12. The van der Waals surface area contributed by atoms with Gasteiger partial charge in [-0.15, -0.1) is 11.3 Å². The molecule has 0 unspecified atom stereocenters. The van der Waals surface area contributed by atoms with Gasteiger partial charge in [0.05, 0.1) is 22.2 Å². The van der Waals surface area contributed by atoms with Gasteiger partial charge in [-0.3, -0.25) is 0 Å². The number of thiophene rings is 1. The third kappa shape index (κ3) is 2.98. The summed E-state index contributed by atoms with van der Waals surface area (Å²) in [5, 5.41) is 16.1. The van der Waals surface area contributed by atoms with Gasteiger partial charge in [0, 0.05) is 0 Å². The smallest absolute Gasteiger partial charge is 0.435 e. The Balaban J connectivity index is 2.13. The molecule has 3 aromatic rings. The van der Waals surface area contributed by atoms with E-state index in [0.29, 0.717) is 10.6 Å². The first-order chi connectivity index (χ1) is 10.9. The van der Waals surface area contributed by atoms with Crippen LogP contribution < -0.4 is 5.11 Å². The lowest BCUT2D eigenvalue weighted by atomic mass is 10.2. The molecule has 0 atom stereocenters. The molecule has 4 nitrogen and oxygen atoms in total. The molecule has 2 heterocycles. The number of carboxylic acids is 1. The fourth-order valence-corrected chi connectivity index (χ4v) is 2.78. The minimum absolute atomic E-state index is 0.0605. The van der Waals surface area contributed by atoms with Crippen LogP contribution in [0, 0.1) is 0 Å². The number of hydrogen-bond acceptors (Lipinski definition) is 4. The molecule has 0 bridgehead atoms. The van der Waals surface area contributed by atoms with Crippen LogP contribution >= 0.6 is 11.3 Å². The van der Waals surface area contributed by atoms with E-state index < -0.39 is 17.8 Å². The Morgan fingerprint density at radius 3 is 2.39 bits per heavy atom. The van der Waals surface area contributed by atoms with Crippen LogP contribution in [0.15, 0.2) is 47.8 Å². The fourth-order valence-electron chi connectivity index (χ4n) is 2.05. The van der Waals surface area contributed by atoms with E-state index in [1.54, 1.807) is 17.5 Å². The normalized spacial score (nSPS) is 11.6. The third-order valence-corrected chi connectivity index (χ3v) is 4.01. The zero-order valence-corrected chi connectivity index (χ0v) is 12.2. The Kier molecular flexibility index (Phi) is 3.69. The molecule has 0 saturated heterocycles. The van der Waals surface area contributed by atoms with Gasteiger partial charge in [-0.1, -0.05) is 18.2 Å². The van der Waals surface area contributed by atoms with Gasteiger partial charge in [0.25, 0.3) is 0 Å². The molecular weight excluding hydrogens is 329 g/mol. The molecule has 0 N–H and O–H groups in total. The van der Waals surface area contributed by atoms with Crippen molar-refractivity contribution in [3.8, 4) is 16.3 Å². The summed E-state index contributed by atoms with van der Waals surface area (Å²) >= 11 is 1.28. The number of carbonyl (C=O) groups is 1. The number of alkyl halides is 3. The van der Waals surface area contributed by atoms with E-state index in [4.69, 9.17) is 0 Å². The molecule has 8 heteroatoms. The molecule has 1 aromatic carbocycles. The molecule has 0 fully saturated rings. The first-order valence-electron chi connectivity index (χ1n) is 6.39. The number of carboxylic acid groups (broad SMARTS) is 1. The van der Waals surface area contributed by atoms with Crippen molar-refractivity contribution in [2.24, 2.45) is 0 Å². The Morgan fingerprint density at radius 2 is 1.87 bits per heavy atom. The number of benzene rings is 1. The van der Waals surface area contributed by atoms with Gasteiger partial charge in [-0.2, -0.15) is 18.3 Å². The van der Waals surface area contributed by atoms with Crippen LogP contribution in [0.5, 0.6) is 0 Å². The molecule has 23 heavy (non-hydrogen) atoms. The second-order valence-corrected chi connectivity index (χ2v) is 5.58. The van der Waals surface area contributed by atoms with Crippen LogP contribution in [0.25, 0.3) is 16.3 Å². The van der Waals surface area contributed by atoms with Gasteiger partial charge in [-0.05, 0) is 35.2 Å². The number of carbonyl (C=O) groups excluding carboxylic acids is 1. The van der Waals surface area contributed by atoms with Crippen molar-refractivity contribution >= 4 is 17.3 Å². The molecule has 2 aromatic heterocycles. The fraction of sp³-hybridized carbons (Fsp3) is 0.0667. The second kappa shape index (κ2) is 5.54.